The third-order valence-electron chi connectivity index (χ3n) is 3.47. The number of benzene rings is 2. The van der Waals surface area contributed by atoms with Crippen molar-refractivity contribution in [3.63, 3.8) is 0 Å². The Bertz CT molecular complexity index is 1020. The fourth-order valence-electron chi connectivity index (χ4n) is 2.18. The molecule has 2 aromatic carbocycles. The number of carbonyl (C=O) groups excluding carboxylic acids is 1. The molecule has 0 aliphatic carbocycles. The van der Waals surface area contributed by atoms with Gasteiger partial charge in [-0.3, -0.25) is 10.1 Å². The van der Waals surface area contributed by atoms with Crippen LogP contribution < -0.4 is 5.32 Å². The highest BCUT2D eigenvalue weighted by molar-refractivity contribution is 8.18. The first-order chi connectivity index (χ1) is 13.2. The Morgan fingerprint density at radius 2 is 1.89 bits per heavy atom. The third kappa shape index (κ3) is 5.15. The molecule has 1 amide bonds. The van der Waals surface area contributed by atoms with E-state index in [-0.39, 0.29) is 15.6 Å². The van der Waals surface area contributed by atoms with Crippen LogP contribution in [0.15, 0.2) is 57.6 Å². The molecule has 0 bridgehead atoms. The van der Waals surface area contributed by atoms with Gasteiger partial charge in [-0.2, -0.15) is 18.3 Å². The predicted octanol–water partition coefficient (Wildman–Crippen LogP) is 5.61. The van der Waals surface area contributed by atoms with E-state index < -0.39 is 17.6 Å². The van der Waals surface area contributed by atoms with Crippen LogP contribution in [0.3, 0.4) is 0 Å². The molecule has 1 aliphatic rings. The number of carbonyl (C=O) groups is 1. The summed E-state index contributed by atoms with van der Waals surface area (Å²) in [4.78, 5) is 12.2. The van der Waals surface area contributed by atoms with Crippen LogP contribution >= 0.6 is 35.0 Å². The van der Waals surface area contributed by atoms with Crippen LogP contribution in [0.2, 0.25) is 10.0 Å². The Morgan fingerprint density at radius 3 is 2.61 bits per heavy atom. The van der Waals surface area contributed by atoms with Crippen molar-refractivity contribution in [1.29, 1.82) is 0 Å². The Balaban J connectivity index is 1.75. The van der Waals surface area contributed by atoms with E-state index in [1.54, 1.807) is 18.2 Å². The van der Waals surface area contributed by atoms with Crippen molar-refractivity contribution in [1.82, 2.24) is 5.32 Å². The monoisotopic (exact) mass is 443 g/mol. The molecule has 0 atom stereocenters. The fourth-order valence-corrected chi connectivity index (χ4v) is 3.42. The zero-order chi connectivity index (χ0) is 20.3. The number of amidine groups is 1. The van der Waals surface area contributed by atoms with E-state index in [1.165, 1.54) is 24.4 Å². The molecule has 4 nitrogen and oxygen atoms in total. The van der Waals surface area contributed by atoms with Gasteiger partial charge < -0.3 is 0 Å². The molecular weight excluding hydrogens is 434 g/mol. The molecule has 1 heterocycles. The highest BCUT2D eigenvalue weighted by Gasteiger charge is 2.30. The largest absolute Gasteiger partial charge is 0.416 e. The Kier molecular flexibility index (Phi) is 6.12. The van der Waals surface area contributed by atoms with Crippen molar-refractivity contribution in [2.24, 2.45) is 10.2 Å². The van der Waals surface area contributed by atoms with Crippen molar-refractivity contribution in [3.05, 3.63) is 74.1 Å². The summed E-state index contributed by atoms with van der Waals surface area (Å²) < 4.78 is 38.4. The number of hydrogen-bond acceptors (Lipinski definition) is 4. The number of nitrogens with one attached hydrogen (secondary N) is 1. The highest BCUT2D eigenvalue weighted by Crippen LogP contribution is 2.31. The van der Waals surface area contributed by atoms with E-state index in [0.717, 1.165) is 23.9 Å². The van der Waals surface area contributed by atoms with E-state index in [1.807, 2.05) is 0 Å². The molecule has 3 rings (SSSR count). The first-order valence-electron chi connectivity index (χ1n) is 7.66. The lowest BCUT2D eigenvalue weighted by Gasteiger charge is -2.06. The summed E-state index contributed by atoms with van der Waals surface area (Å²) >= 11 is 12.8. The molecule has 0 aromatic heterocycles. The van der Waals surface area contributed by atoms with Gasteiger partial charge in [0.25, 0.3) is 5.91 Å². The quantitative estimate of drug-likeness (QED) is 0.380. The van der Waals surface area contributed by atoms with Crippen LogP contribution in [-0.2, 0) is 11.0 Å². The minimum absolute atomic E-state index is 0.199. The van der Waals surface area contributed by atoms with Crippen LogP contribution in [0.1, 0.15) is 16.7 Å². The minimum atomic E-state index is -4.45. The molecule has 0 radical (unpaired) electrons. The summed E-state index contributed by atoms with van der Waals surface area (Å²) in [7, 11) is 0. The van der Waals surface area contributed by atoms with Gasteiger partial charge in [0.15, 0.2) is 5.17 Å². The summed E-state index contributed by atoms with van der Waals surface area (Å²) in [5, 5.41) is 11.3. The molecule has 1 aliphatic heterocycles. The maximum atomic E-state index is 12.8. The first-order valence-corrected chi connectivity index (χ1v) is 9.24. The Hall–Kier alpha value is -2.29. The van der Waals surface area contributed by atoms with Crippen molar-refractivity contribution in [2.45, 2.75) is 6.18 Å². The maximum Gasteiger partial charge on any atom is 0.416 e. The van der Waals surface area contributed by atoms with Gasteiger partial charge in [-0.15, -0.1) is 5.10 Å². The second kappa shape index (κ2) is 8.38. The number of nitrogens with zero attached hydrogens (tertiary/aromatic N) is 2. The van der Waals surface area contributed by atoms with Crippen molar-refractivity contribution >= 4 is 58.3 Å². The number of thioether (sulfide) groups is 1. The second-order valence-electron chi connectivity index (χ2n) is 5.50. The summed E-state index contributed by atoms with van der Waals surface area (Å²) in [5.74, 6) is -0.471. The lowest BCUT2D eigenvalue weighted by Crippen LogP contribution is -2.19. The molecule has 0 saturated carbocycles. The molecule has 1 fully saturated rings. The number of halogens is 5. The minimum Gasteiger partial charge on any atom is -0.299 e. The van der Waals surface area contributed by atoms with Crippen LogP contribution in [-0.4, -0.2) is 17.3 Å². The predicted molar refractivity (Wildman–Crippen MR) is 107 cm³/mol. The first kappa shape index (κ1) is 20.4. The van der Waals surface area contributed by atoms with Gasteiger partial charge in [-0.1, -0.05) is 41.4 Å². The van der Waals surface area contributed by atoms with E-state index in [2.05, 4.69) is 15.5 Å². The summed E-state index contributed by atoms with van der Waals surface area (Å²) in [6, 6.07) is 9.55. The topological polar surface area (TPSA) is 53.8 Å². The van der Waals surface area contributed by atoms with Crippen LogP contribution in [0.25, 0.3) is 6.08 Å². The maximum absolute atomic E-state index is 12.8. The van der Waals surface area contributed by atoms with Crippen molar-refractivity contribution in [2.75, 3.05) is 0 Å². The number of alkyl halides is 3. The molecule has 28 heavy (non-hydrogen) atoms. The standard InChI is InChI=1S/C18H10Cl2F3N3OS/c19-13-5-4-11(14(20)8-13)9-24-26-17-25-16(27)15(28-17)7-10-2-1-3-12(6-10)18(21,22)23/h1-9H,(H,25,26,27). The van der Waals surface area contributed by atoms with Crippen molar-refractivity contribution < 1.29 is 18.0 Å². The molecule has 0 unspecified atom stereocenters. The van der Waals surface area contributed by atoms with Crippen molar-refractivity contribution in [3.8, 4) is 0 Å². The van der Waals surface area contributed by atoms with Gasteiger partial charge >= 0.3 is 6.18 Å². The lowest BCUT2D eigenvalue weighted by atomic mass is 10.1. The normalized spacial score (nSPS) is 17.7. The second-order valence-corrected chi connectivity index (χ2v) is 7.38. The molecule has 0 spiro atoms. The van der Waals surface area contributed by atoms with Gasteiger partial charge in [-0.25, -0.2) is 0 Å². The SMILES string of the molecule is O=C1NC(=NN=Cc2ccc(Cl)cc2Cl)SC1=Cc1cccc(C(F)(F)F)c1. The summed E-state index contributed by atoms with van der Waals surface area (Å²) in [6.07, 6.45) is -1.70. The molecule has 10 heteroatoms. The molecule has 2 aromatic rings. The van der Waals surface area contributed by atoms with E-state index >= 15 is 0 Å². The molecule has 1 N–H and O–H groups in total. The van der Waals surface area contributed by atoms with Crippen LogP contribution in [0.5, 0.6) is 0 Å². The third-order valence-corrected chi connectivity index (χ3v) is 4.93. The smallest absolute Gasteiger partial charge is 0.299 e. The van der Waals surface area contributed by atoms with Gasteiger partial charge in [0.2, 0.25) is 0 Å². The number of rotatable bonds is 3. The molecule has 1 saturated heterocycles. The lowest BCUT2D eigenvalue weighted by molar-refractivity contribution is -0.137. The average molecular weight is 444 g/mol. The van der Waals surface area contributed by atoms with E-state index in [9.17, 15) is 18.0 Å². The Morgan fingerprint density at radius 1 is 1.11 bits per heavy atom. The molecular formula is C18H10Cl2F3N3OS. The molecule has 144 valence electrons. The van der Waals surface area contributed by atoms with E-state index in [0.29, 0.717) is 15.6 Å². The van der Waals surface area contributed by atoms with Gasteiger partial charge in [0, 0.05) is 10.6 Å². The van der Waals surface area contributed by atoms with Gasteiger partial charge in [0.05, 0.1) is 21.7 Å². The summed E-state index contributed by atoms with van der Waals surface area (Å²) in [5.41, 5.74) is 0.0539. The fraction of sp³-hybridized carbons (Fsp3) is 0.0556. The average Bonchev–Trinajstić information content (AvgIpc) is 2.96. The van der Waals surface area contributed by atoms with Gasteiger partial charge in [0.1, 0.15) is 0 Å². The van der Waals surface area contributed by atoms with Crippen LogP contribution in [0.4, 0.5) is 13.2 Å². The zero-order valence-electron chi connectivity index (χ0n) is 13.8. The van der Waals surface area contributed by atoms with Gasteiger partial charge in [-0.05, 0) is 47.7 Å². The van der Waals surface area contributed by atoms with E-state index in [4.69, 9.17) is 23.2 Å². The number of amides is 1. The summed E-state index contributed by atoms with van der Waals surface area (Å²) in [6.45, 7) is 0. The Labute approximate surface area is 172 Å². The highest BCUT2D eigenvalue weighted by atomic mass is 35.5. The number of hydrogen-bond donors (Lipinski definition) is 1. The zero-order valence-corrected chi connectivity index (χ0v) is 16.1. The van der Waals surface area contributed by atoms with Crippen LogP contribution in [0, 0.1) is 0 Å².